The molecule has 0 unspecified atom stereocenters. The molecule has 1 aliphatic heterocycles. The Labute approximate surface area is 157 Å². The van der Waals surface area contributed by atoms with Crippen molar-refractivity contribution >= 4 is 22.8 Å². The van der Waals surface area contributed by atoms with Gasteiger partial charge in [-0.2, -0.15) is 0 Å². The number of hydrogen-bond acceptors (Lipinski definition) is 3. The maximum atomic E-state index is 12.8. The standard InChI is InChI=1S/C21H22N4O2/c1-14-2-4-15(5-3-14)20(26)24-17-8-10-25(11-9-17)21(27)16-6-7-18-19(12-16)23-13-22-18/h2-7,12-13,17H,8-11H2,1H3,(H,22,23)(H,24,26). The molecule has 2 aromatic carbocycles. The van der Waals surface area contributed by atoms with Gasteiger partial charge in [0.2, 0.25) is 0 Å². The second-order valence-electron chi connectivity index (χ2n) is 7.04. The van der Waals surface area contributed by atoms with Crippen molar-refractivity contribution in [1.29, 1.82) is 0 Å². The van der Waals surface area contributed by atoms with Crippen LogP contribution in [-0.2, 0) is 0 Å². The average Bonchev–Trinajstić information content (AvgIpc) is 3.16. The highest BCUT2D eigenvalue weighted by atomic mass is 16.2. The van der Waals surface area contributed by atoms with Crippen LogP contribution in [0.15, 0.2) is 48.8 Å². The molecule has 0 radical (unpaired) electrons. The summed E-state index contributed by atoms with van der Waals surface area (Å²) in [6.45, 7) is 3.27. The lowest BCUT2D eigenvalue weighted by Gasteiger charge is -2.32. The van der Waals surface area contributed by atoms with Crippen LogP contribution in [0.25, 0.3) is 11.0 Å². The summed E-state index contributed by atoms with van der Waals surface area (Å²) in [7, 11) is 0. The first-order chi connectivity index (χ1) is 13.1. The lowest BCUT2D eigenvalue weighted by molar-refractivity contribution is 0.0698. The summed E-state index contributed by atoms with van der Waals surface area (Å²) < 4.78 is 0. The normalized spacial score (nSPS) is 15.1. The van der Waals surface area contributed by atoms with Gasteiger partial charge in [-0.15, -0.1) is 0 Å². The molecule has 6 heteroatoms. The van der Waals surface area contributed by atoms with E-state index in [0.29, 0.717) is 24.2 Å². The number of hydrogen-bond donors (Lipinski definition) is 2. The summed E-state index contributed by atoms with van der Waals surface area (Å²) >= 11 is 0. The van der Waals surface area contributed by atoms with Crippen LogP contribution in [0, 0.1) is 6.92 Å². The molecule has 0 bridgehead atoms. The van der Waals surface area contributed by atoms with Gasteiger partial charge in [-0.1, -0.05) is 17.7 Å². The molecule has 0 saturated carbocycles. The summed E-state index contributed by atoms with van der Waals surface area (Å²) in [5.41, 5.74) is 4.18. The van der Waals surface area contributed by atoms with Gasteiger partial charge in [-0.25, -0.2) is 4.98 Å². The van der Waals surface area contributed by atoms with Gasteiger partial charge in [0.15, 0.2) is 0 Å². The maximum absolute atomic E-state index is 12.8. The lowest BCUT2D eigenvalue weighted by atomic mass is 10.0. The summed E-state index contributed by atoms with van der Waals surface area (Å²) in [5.74, 6) is -0.0284. The van der Waals surface area contributed by atoms with E-state index >= 15 is 0 Å². The molecule has 6 nitrogen and oxygen atoms in total. The van der Waals surface area contributed by atoms with Crippen molar-refractivity contribution in [2.75, 3.05) is 13.1 Å². The number of carbonyl (C=O) groups excluding carboxylic acids is 2. The highest BCUT2D eigenvalue weighted by molar-refractivity contribution is 5.97. The van der Waals surface area contributed by atoms with Gasteiger partial charge >= 0.3 is 0 Å². The number of carbonyl (C=O) groups is 2. The van der Waals surface area contributed by atoms with Crippen molar-refractivity contribution in [3.05, 3.63) is 65.5 Å². The first kappa shape index (κ1) is 17.3. The minimum absolute atomic E-state index is 0.0230. The molecule has 3 aromatic rings. The molecular formula is C21H22N4O2. The molecule has 1 saturated heterocycles. The lowest BCUT2D eigenvalue weighted by Crippen LogP contribution is -2.46. The number of nitrogens with one attached hydrogen (secondary N) is 2. The van der Waals surface area contributed by atoms with E-state index in [1.165, 1.54) is 0 Å². The molecule has 1 aliphatic rings. The zero-order chi connectivity index (χ0) is 18.8. The summed E-state index contributed by atoms with van der Waals surface area (Å²) in [5, 5.41) is 3.08. The Kier molecular flexibility index (Phi) is 4.62. The Bertz CT molecular complexity index is 969. The number of piperidine rings is 1. The van der Waals surface area contributed by atoms with Gasteiger partial charge in [0.1, 0.15) is 0 Å². The molecule has 4 rings (SSSR count). The Morgan fingerprint density at radius 1 is 1.07 bits per heavy atom. The minimum atomic E-state index is -0.0514. The third kappa shape index (κ3) is 3.69. The highest BCUT2D eigenvalue weighted by Crippen LogP contribution is 2.17. The van der Waals surface area contributed by atoms with Crippen molar-refractivity contribution in [3.63, 3.8) is 0 Å². The number of rotatable bonds is 3. The van der Waals surface area contributed by atoms with Crippen molar-refractivity contribution in [1.82, 2.24) is 20.2 Å². The third-order valence-corrected chi connectivity index (χ3v) is 5.10. The van der Waals surface area contributed by atoms with E-state index in [1.54, 1.807) is 6.33 Å². The number of nitrogens with zero attached hydrogens (tertiary/aromatic N) is 2. The number of H-pyrrole nitrogens is 1. The van der Waals surface area contributed by atoms with E-state index in [2.05, 4.69) is 15.3 Å². The van der Waals surface area contributed by atoms with Crippen LogP contribution >= 0.6 is 0 Å². The van der Waals surface area contributed by atoms with Crippen molar-refractivity contribution in [2.45, 2.75) is 25.8 Å². The molecule has 2 heterocycles. The Morgan fingerprint density at radius 3 is 2.52 bits per heavy atom. The molecule has 0 aliphatic carbocycles. The Morgan fingerprint density at radius 2 is 1.78 bits per heavy atom. The number of fused-ring (bicyclic) bond motifs is 1. The fraction of sp³-hybridized carbons (Fsp3) is 0.286. The summed E-state index contributed by atoms with van der Waals surface area (Å²) in [4.78, 5) is 34.2. The molecule has 1 aromatic heterocycles. The van der Waals surface area contributed by atoms with E-state index in [1.807, 2.05) is 54.3 Å². The number of likely N-dealkylation sites (tertiary alicyclic amines) is 1. The molecule has 27 heavy (non-hydrogen) atoms. The van der Waals surface area contributed by atoms with Crippen molar-refractivity contribution in [2.24, 2.45) is 0 Å². The third-order valence-electron chi connectivity index (χ3n) is 5.10. The summed E-state index contributed by atoms with van der Waals surface area (Å²) in [6.07, 6.45) is 3.15. The van der Waals surface area contributed by atoms with Crippen molar-refractivity contribution in [3.8, 4) is 0 Å². The van der Waals surface area contributed by atoms with Gasteiger partial charge in [-0.05, 0) is 50.1 Å². The predicted octanol–water partition coefficient (Wildman–Crippen LogP) is 2.91. The number of aromatic nitrogens is 2. The Balaban J connectivity index is 1.34. The smallest absolute Gasteiger partial charge is 0.253 e. The quantitative estimate of drug-likeness (QED) is 0.752. The van der Waals surface area contributed by atoms with Gasteiger partial charge in [0.05, 0.1) is 17.4 Å². The van der Waals surface area contributed by atoms with Crippen LogP contribution in [0.5, 0.6) is 0 Å². The highest BCUT2D eigenvalue weighted by Gasteiger charge is 2.25. The summed E-state index contributed by atoms with van der Waals surface area (Å²) in [6, 6.07) is 13.2. The van der Waals surface area contributed by atoms with Gasteiger partial charge in [0.25, 0.3) is 11.8 Å². The SMILES string of the molecule is Cc1ccc(C(=O)NC2CCN(C(=O)c3ccc4nc[nH]c4c3)CC2)cc1. The number of imidazole rings is 1. The van der Waals surface area contributed by atoms with E-state index in [4.69, 9.17) is 0 Å². The molecule has 2 amide bonds. The second-order valence-corrected chi connectivity index (χ2v) is 7.04. The molecular weight excluding hydrogens is 340 g/mol. The maximum Gasteiger partial charge on any atom is 0.253 e. The van der Waals surface area contributed by atoms with E-state index < -0.39 is 0 Å². The van der Waals surface area contributed by atoms with Crippen LogP contribution in [0.2, 0.25) is 0 Å². The zero-order valence-corrected chi connectivity index (χ0v) is 15.2. The van der Waals surface area contributed by atoms with Crippen LogP contribution in [-0.4, -0.2) is 45.8 Å². The van der Waals surface area contributed by atoms with Gasteiger partial charge in [-0.3, -0.25) is 9.59 Å². The molecule has 1 fully saturated rings. The van der Waals surface area contributed by atoms with Crippen LogP contribution in [0.4, 0.5) is 0 Å². The zero-order valence-electron chi connectivity index (χ0n) is 15.2. The van der Waals surface area contributed by atoms with Crippen LogP contribution < -0.4 is 5.32 Å². The first-order valence-corrected chi connectivity index (χ1v) is 9.20. The number of amides is 2. The average molecular weight is 362 g/mol. The molecule has 0 spiro atoms. The van der Waals surface area contributed by atoms with E-state index in [9.17, 15) is 9.59 Å². The van der Waals surface area contributed by atoms with Gasteiger partial charge in [0, 0.05) is 30.3 Å². The second kappa shape index (κ2) is 7.23. The fourth-order valence-electron chi connectivity index (χ4n) is 3.45. The van der Waals surface area contributed by atoms with E-state index in [0.717, 1.165) is 29.4 Å². The molecule has 138 valence electrons. The topological polar surface area (TPSA) is 78.1 Å². The fourth-order valence-corrected chi connectivity index (χ4v) is 3.45. The monoisotopic (exact) mass is 362 g/mol. The minimum Gasteiger partial charge on any atom is -0.349 e. The van der Waals surface area contributed by atoms with E-state index in [-0.39, 0.29) is 17.9 Å². The van der Waals surface area contributed by atoms with Crippen molar-refractivity contribution < 1.29 is 9.59 Å². The molecule has 0 atom stereocenters. The largest absolute Gasteiger partial charge is 0.349 e. The van der Waals surface area contributed by atoms with Gasteiger partial charge < -0.3 is 15.2 Å². The first-order valence-electron chi connectivity index (χ1n) is 9.20. The molecule has 2 N–H and O–H groups in total. The Hall–Kier alpha value is -3.15. The number of benzene rings is 2. The van der Waals surface area contributed by atoms with Crippen LogP contribution in [0.3, 0.4) is 0 Å². The predicted molar refractivity (Wildman–Crippen MR) is 104 cm³/mol. The van der Waals surface area contributed by atoms with Crippen LogP contribution in [0.1, 0.15) is 39.1 Å². The number of aromatic amines is 1. The number of aryl methyl sites for hydroxylation is 1.